The fourth-order valence-electron chi connectivity index (χ4n) is 0.913. The molecule has 0 amide bonds. The Morgan fingerprint density at radius 3 is 2.79 bits per heavy atom. The second-order valence-corrected chi connectivity index (χ2v) is 2.91. The molecule has 0 radical (unpaired) electrons. The van der Waals surface area contributed by atoms with Crippen molar-refractivity contribution in [1.82, 2.24) is 0 Å². The third kappa shape index (κ3) is 3.57. The van der Waals surface area contributed by atoms with E-state index in [9.17, 15) is 4.79 Å². The van der Waals surface area contributed by atoms with Gasteiger partial charge in [-0.2, -0.15) is 0 Å². The maximum atomic E-state index is 10.9. The summed E-state index contributed by atoms with van der Waals surface area (Å²) < 4.78 is 9.48. The van der Waals surface area contributed by atoms with Crippen molar-refractivity contribution >= 4 is 30.0 Å². The van der Waals surface area contributed by atoms with Crippen LogP contribution in [0.3, 0.4) is 0 Å². The molecule has 0 bridgehead atoms. The number of hydrogen-bond donors (Lipinski definition) is 1. The Bertz CT molecular complexity index is 301. The van der Waals surface area contributed by atoms with Crippen LogP contribution >= 0.6 is 24.0 Å². The number of rotatable bonds is 3. The first-order chi connectivity index (χ1) is 6.13. The molecule has 1 unspecified atom stereocenters. The zero-order chi connectivity index (χ0) is 9.84. The van der Waals surface area contributed by atoms with Crippen LogP contribution in [0.15, 0.2) is 16.5 Å². The number of ether oxygens (including phenoxy) is 1. The lowest BCUT2D eigenvalue weighted by molar-refractivity contribution is -0.142. The van der Waals surface area contributed by atoms with Gasteiger partial charge in [-0.15, -0.1) is 12.4 Å². The Hall–Kier alpha value is -0.710. The fourth-order valence-corrected chi connectivity index (χ4v) is 1.07. The fraction of sp³-hybridized carbons (Fsp3) is 0.375. The van der Waals surface area contributed by atoms with E-state index in [4.69, 9.17) is 21.8 Å². The first-order valence-electron chi connectivity index (χ1n) is 3.71. The minimum atomic E-state index is -0.702. The molecule has 4 nitrogen and oxygen atoms in total. The molecular weight excluding hydrogens is 229 g/mol. The summed E-state index contributed by atoms with van der Waals surface area (Å²) in [5.74, 6) is 0.107. The van der Waals surface area contributed by atoms with Gasteiger partial charge in [0, 0.05) is 6.42 Å². The molecule has 2 N–H and O–H groups in total. The van der Waals surface area contributed by atoms with Gasteiger partial charge in [-0.25, -0.2) is 0 Å². The van der Waals surface area contributed by atoms with Crippen molar-refractivity contribution in [3.63, 3.8) is 0 Å². The van der Waals surface area contributed by atoms with Crippen molar-refractivity contribution < 1.29 is 13.9 Å². The summed E-state index contributed by atoms with van der Waals surface area (Å²) in [5, 5.41) is 0.284. The van der Waals surface area contributed by atoms with Gasteiger partial charge in [0.2, 0.25) is 0 Å². The van der Waals surface area contributed by atoms with Crippen LogP contribution in [0.1, 0.15) is 5.76 Å². The van der Waals surface area contributed by atoms with Gasteiger partial charge in [0.25, 0.3) is 0 Å². The van der Waals surface area contributed by atoms with E-state index >= 15 is 0 Å². The highest BCUT2D eigenvalue weighted by molar-refractivity contribution is 6.28. The van der Waals surface area contributed by atoms with Crippen LogP contribution in [0, 0.1) is 0 Å². The Morgan fingerprint density at radius 2 is 2.36 bits per heavy atom. The summed E-state index contributed by atoms with van der Waals surface area (Å²) >= 11 is 5.53. The lowest BCUT2D eigenvalue weighted by Crippen LogP contribution is -2.33. The summed E-state index contributed by atoms with van der Waals surface area (Å²) in [4.78, 5) is 10.9. The van der Waals surface area contributed by atoms with Gasteiger partial charge in [0.1, 0.15) is 11.8 Å². The Balaban J connectivity index is 0.00000169. The Kier molecular flexibility index (Phi) is 5.60. The summed E-state index contributed by atoms with van der Waals surface area (Å²) in [7, 11) is 1.29. The molecule has 1 heterocycles. The minimum Gasteiger partial charge on any atom is -0.468 e. The second-order valence-electron chi connectivity index (χ2n) is 2.54. The predicted molar refractivity (Wildman–Crippen MR) is 54.7 cm³/mol. The number of methoxy groups -OCH3 is 1. The van der Waals surface area contributed by atoms with Gasteiger partial charge >= 0.3 is 5.97 Å². The molecule has 0 spiro atoms. The van der Waals surface area contributed by atoms with Crippen molar-refractivity contribution in [1.29, 1.82) is 0 Å². The van der Waals surface area contributed by atoms with Gasteiger partial charge in [-0.3, -0.25) is 4.79 Å². The molecule has 0 aliphatic heterocycles. The molecule has 0 saturated heterocycles. The van der Waals surface area contributed by atoms with Crippen molar-refractivity contribution in [2.75, 3.05) is 7.11 Å². The molecule has 0 fully saturated rings. The molecular formula is C8H11Cl2NO3. The number of hydrogen-bond acceptors (Lipinski definition) is 4. The average molecular weight is 240 g/mol. The maximum Gasteiger partial charge on any atom is 0.323 e. The van der Waals surface area contributed by atoms with Gasteiger partial charge in [-0.1, -0.05) is 0 Å². The lowest BCUT2D eigenvalue weighted by Gasteiger charge is -2.05. The summed E-state index contributed by atoms with van der Waals surface area (Å²) in [6.45, 7) is 0. The van der Waals surface area contributed by atoms with Crippen LogP contribution in [-0.4, -0.2) is 19.1 Å². The van der Waals surface area contributed by atoms with Crippen molar-refractivity contribution in [3.05, 3.63) is 23.1 Å². The van der Waals surface area contributed by atoms with Crippen molar-refractivity contribution in [2.24, 2.45) is 5.73 Å². The zero-order valence-corrected chi connectivity index (χ0v) is 9.10. The van der Waals surface area contributed by atoms with E-state index in [1.165, 1.54) is 7.11 Å². The highest BCUT2D eigenvalue weighted by atomic mass is 35.5. The number of carbonyl (C=O) groups is 1. The third-order valence-corrected chi connectivity index (χ3v) is 1.76. The smallest absolute Gasteiger partial charge is 0.323 e. The lowest BCUT2D eigenvalue weighted by atomic mass is 10.2. The van der Waals surface area contributed by atoms with Crippen LogP contribution in [0.2, 0.25) is 5.22 Å². The van der Waals surface area contributed by atoms with E-state index < -0.39 is 12.0 Å². The molecule has 14 heavy (non-hydrogen) atoms. The standard InChI is InChI=1S/C8H10ClNO3.ClH/c1-12-8(11)6(10)4-5-2-3-7(9)13-5;/h2-3,6H,4,10H2,1H3;1H. The largest absolute Gasteiger partial charge is 0.468 e. The molecule has 1 rings (SSSR count). The SMILES string of the molecule is COC(=O)C(N)Cc1ccc(Cl)o1.Cl. The third-order valence-electron chi connectivity index (χ3n) is 1.55. The molecule has 1 atom stereocenters. The Morgan fingerprint density at radius 1 is 1.71 bits per heavy atom. The molecule has 1 aromatic rings. The number of halogens is 2. The number of nitrogens with two attached hydrogens (primary N) is 1. The van der Waals surface area contributed by atoms with Crippen LogP contribution in [0.4, 0.5) is 0 Å². The van der Waals surface area contributed by atoms with Crippen LogP contribution in [-0.2, 0) is 16.0 Å². The summed E-state index contributed by atoms with van der Waals surface area (Å²) in [5.41, 5.74) is 5.49. The highest BCUT2D eigenvalue weighted by Crippen LogP contribution is 2.14. The number of carbonyl (C=O) groups excluding carboxylic acids is 1. The molecule has 80 valence electrons. The van der Waals surface area contributed by atoms with E-state index in [1.807, 2.05) is 0 Å². The molecule has 0 aromatic carbocycles. The van der Waals surface area contributed by atoms with Crippen molar-refractivity contribution in [3.8, 4) is 0 Å². The van der Waals surface area contributed by atoms with Gasteiger partial charge in [0.05, 0.1) is 7.11 Å². The minimum absolute atomic E-state index is 0. The number of furan rings is 1. The van der Waals surface area contributed by atoms with Crippen LogP contribution in [0.25, 0.3) is 0 Å². The molecule has 1 aromatic heterocycles. The monoisotopic (exact) mass is 239 g/mol. The maximum absolute atomic E-state index is 10.9. The van der Waals surface area contributed by atoms with E-state index in [2.05, 4.69) is 4.74 Å². The first-order valence-corrected chi connectivity index (χ1v) is 4.09. The highest BCUT2D eigenvalue weighted by Gasteiger charge is 2.15. The quantitative estimate of drug-likeness (QED) is 0.811. The normalized spacial score (nSPS) is 11.6. The van der Waals surface area contributed by atoms with Gasteiger partial charge in [-0.05, 0) is 23.7 Å². The average Bonchev–Trinajstić information content (AvgIpc) is 2.49. The molecule has 0 aliphatic carbocycles. The predicted octanol–water partition coefficient (Wildman–Crippen LogP) is 1.40. The molecule has 0 saturated carbocycles. The van der Waals surface area contributed by atoms with E-state index in [0.717, 1.165) is 0 Å². The summed E-state index contributed by atoms with van der Waals surface area (Å²) in [6.07, 6.45) is 0.291. The van der Waals surface area contributed by atoms with E-state index in [-0.39, 0.29) is 17.6 Å². The van der Waals surface area contributed by atoms with Gasteiger partial charge < -0.3 is 14.9 Å². The molecule has 0 aliphatic rings. The summed E-state index contributed by atoms with van der Waals surface area (Å²) in [6, 6.07) is 2.57. The zero-order valence-electron chi connectivity index (χ0n) is 7.53. The van der Waals surface area contributed by atoms with Gasteiger partial charge in [0.15, 0.2) is 5.22 Å². The van der Waals surface area contributed by atoms with E-state index in [1.54, 1.807) is 12.1 Å². The Labute approximate surface area is 92.8 Å². The molecule has 6 heteroatoms. The second kappa shape index (κ2) is 5.90. The van der Waals surface area contributed by atoms with Crippen LogP contribution < -0.4 is 5.73 Å². The van der Waals surface area contributed by atoms with E-state index in [0.29, 0.717) is 12.2 Å². The first kappa shape index (κ1) is 13.3. The van der Waals surface area contributed by atoms with Crippen LogP contribution in [0.5, 0.6) is 0 Å². The topological polar surface area (TPSA) is 65.5 Å². The number of esters is 1. The van der Waals surface area contributed by atoms with Crippen molar-refractivity contribution in [2.45, 2.75) is 12.5 Å².